The van der Waals surface area contributed by atoms with Crippen LogP contribution in [0.4, 0.5) is 5.69 Å². The monoisotopic (exact) mass is 488 g/mol. The van der Waals surface area contributed by atoms with Crippen LogP contribution in [0.1, 0.15) is 48.9 Å². The second-order valence-electron chi connectivity index (χ2n) is 8.53. The van der Waals surface area contributed by atoms with Crippen LogP contribution in [-0.4, -0.2) is 34.6 Å². The van der Waals surface area contributed by atoms with E-state index in [9.17, 15) is 9.59 Å². The first-order valence-corrected chi connectivity index (χ1v) is 12.4. The smallest absolute Gasteiger partial charge is 0.338 e. The number of benzene rings is 2. The van der Waals surface area contributed by atoms with Crippen LogP contribution in [0.25, 0.3) is 17.4 Å². The van der Waals surface area contributed by atoms with Crippen LogP contribution in [0.2, 0.25) is 0 Å². The summed E-state index contributed by atoms with van der Waals surface area (Å²) in [6.45, 7) is 8.29. The number of esters is 1. The summed E-state index contributed by atoms with van der Waals surface area (Å²) in [7, 11) is 0. The van der Waals surface area contributed by atoms with Crippen molar-refractivity contribution in [2.45, 2.75) is 40.2 Å². The third-order valence-electron chi connectivity index (χ3n) is 5.22. The van der Waals surface area contributed by atoms with E-state index in [1.807, 2.05) is 70.2 Å². The Morgan fingerprint density at radius 1 is 1.14 bits per heavy atom. The number of thioether (sulfide) groups is 1. The van der Waals surface area contributed by atoms with Crippen molar-refractivity contribution >= 4 is 40.6 Å². The van der Waals surface area contributed by atoms with E-state index in [0.717, 1.165) is 23.2 Å². The summed E-state index contributed by atoms with van der Waals surface area (Å²) in [6, 6.07) is 18.7. The molecule has 0 saturated carbocycles. The molecule has 1 fully saturated rings. The SMILES string of the molecule is CCCN1C(=O)/C(=C\c2ccc(-c3cccc(C(=O)OC(C)C)c3)o2)SC1=Nc1ccc(C)cc1. The summed E-state index contributed by atoms with van der Waals surface area (Å²) in [5, 5.41) is 0.662. The maximum atomic E-state index is 13.1. The predicted molar refractivity (Wildman–Crippen MR) is 141 cm³/mol. The van der Waals surface area contributed by atoms with Crippen molar-refractivity contribution in [2.24, 2.45) is 4.99 Å². The minimum Gasteiger partial charge on any atom is -0.459 e. The van der Waals surface area contributed by atoms with Gasteiger partial charge in [-0.1, -0.05) is 36.8 Å². The summed E-state index contributed by atoms with van der Waals surface area (Å²) in [5.41, 5.74) is 3.18. The third-order valence-corrected chi connectivity index (χ3v) is 6.23. The molecule has 1 aliphatic heterocycles. The lowest BCUT2D eigenvalue weighted by Crippen LogP contribution is -2.29. The minimum absolute atomic E-state index is 0.0842. The molecular weight excluding hydrogens is 460 g/mol. The van der Waals surface area contributed by atoms with Gasteiger partial charge in [-0.25, -0.2) is 9.79 Å². The molecule has 0 aliphatic carbocycles. The molecule has 7 heteroatoms. The molecule has 180 valence electrons. The van der Waals surface area contributed by atoms with E-state index in [-0.39, 0.29) is 18.0 Å². The number of furan rings is 1. The van der Waals surface area contributed by atoms with E-state index in [4.69, 9.17) is 14.1 Å². The molecule has 6 nitrogen and oxygen atoms in total. The van der Waals surface area contributed by atoms with E-state index < -0.39 is 0 Å². The standard InChI is InChI=1S/C28H28N2O4S/c1-5-15-30-26(31)25(35-28(30)29-22-11-9-19(4)10-12-22)17-23-13-14-24(34-23)20-7-6-8-21(16-20)27(32)33-18(2)3/h6-14,16-18H,5,15H2,1-4H3/b25-17+,29-28?. The molecule has 2 heterocycles. The van der Waals surface area contributed by atoms with Gasteiger partial charge in [0.05, 0.1) is 22.3 Å². The largest absolute Gasteiger partial charge is 0.459 e. The molecule has 35 heavy (non-hydrogen) atoms. The van der Waals surface area contributed by atoms with E-state index >= 15 is 0 Å². The van der Waals surface area contributed by atoms with Gasteiger partial charge in [0.25, 0.3) is 5.91 Å². The third kappa shape index (κ3) is 5.92. The Bertz CT molecular complexity index is 1290. The van der Waals surface area contributed by atoms with Gasteiger partial charge in [-0.15, -0.1) is 0 Å². The number of carbonyl (C=O) groups is 2. The highest BCUT2D eigenvalue weighted by atomic mass is 32.2. The fourth-order valence-electron chi connectivity index (χ4n) is 3.54. The fourth-order valence-corrected chi connectivity index (χ4v) is 4.54. The zero-order chi connectivity index (χ0) is 24.9. The van der Waals surface area contributed by atoms with Crippen LogP contribution in [0.5, 0.6) is 0 Å². The zero-order valence-electron chi connectivity index (χ0n) is 20.3. The average Bonchev–Trinajstić information content (AvgIpc) is 3.41. The van der Waals surface area contributed by atoms with Gasteiger partial charge in [0.1, 0.15) is 11.5 Å². The van der Waals surface area contributed by atoms with Gasteiger partial charge in [0.15, 0.2) is 5.17 Å². The predicted octanol–water partition coefficient (Wildman–Crippen LogP) is 6.83. The van der Waals surface area contributed by atoms with E-state index in [1.54, 1.807) is 29.2 Å². The molecular formula is C28H28N2O4S. The number of aliphatic imine (C=N–C) groups is 1. The van der Waals surface area contributed by atoms with E-state index in [2.05, 4.69) is 0 Å². The molecule has 4 rings (SSSR count). The lowest BCUT2D eigenvalue weighted by atomic mass is 10.1. The van der Waals surface area contributed by atoms with Gasteiger partial charge in [-0.05, 0) is 75.4 Å². The quantitative estimate of drug-likeness (QED) is 0.269. The number of amides is 1. The molecule has 0 atom stereocenters. The van der Waals surface area contributed by atoms with Gasteiger partial charge in [0.2, 0.25) is 0 Å². The Kier molecular flexibility index (Phi) is 7.56. The number of hydrogen-bond acceptors (Lipinski definition) is 6. The summed E-state index contributed by atoms with van der Waals surface area (Å²) in [4.78, 5) is 32.3. The van der Waals surface area contributed by atoms with Gasteiger partial charge in [-0.2, -0.15) is 0 Å². The van der Waals surface area contributed by atoms with Crippen molar-refractivity contribution in [1.29, 1.82) is 0 Å². The molecule has 0 spiro atoms. The molecule has 2 aromatic carbocycles. The average molecular weight is 489 g/mol. The van der Waals surface area contributed by atoms with Crippen LogP contribution in [-0.2, 0) is 9.53 Å². The maximum Gasteiger partial charge on any atom is 0.338 e. The number of amidine groups is 1. The molecule has 1 aromatic heterocycles. The normalized spacial score (nSPS) is 16.0. The van der Waals surface area contributed by atoms with Crippen LogP contribution >= 0.6 is 11.8 Å². The number of nitrogens with zero attached hydrogens (tertiary/aromatic N) is 2. The van der Waals surface area contributed by atoms with Crippen molar-refractivity contribution in [3.63, 3.8) is 0 Å². The van der Waals surface area contributed by atoms with Gasteiger partial charge in [-0.3, -0.25) is 9.69 Å². The Labute approximate surface area is 209 Å². The molecule has 0 unspecified atom stereocenters. The van der Waals surface area contributed by atoms with Crippen molar-refractivity contribution < 1.29 is 18.7 Å². The number of rotatable bonds is 7. The van der Waals surface area contributed by atoms with Crippen LogP contribution < -0.4 is 0 Å². The van der Waals surface area contributed by atoms with Gasteiger partial charge >= 0.3 is 5.97 Å². The lowest BCUT2D eigenvalue weighted by molar-refractivity contribution is -0.122. The zero-order valence-corrected chi connectivity index (χ0v) is 21.1. The summed E-state index contributed by atoms with van der Waals surface area (Å²) in [6.07, 6.45) is 2.38. The highest BCUT2D eigenvalue weighted by Crippen LogP contribution is 2.35. The lowest BCUT2D eigenvalue weighted by Gasteiger charge is -2.13. The Balaban J connectivity index is 1.58. The maximum absolute atomic E-state index is 13.1. The Hall–Kier alpha value is -3.58. The van der Waals surface area contributed by atoms with Crippen LogP contribution in [0.15, 0.2) is 75.0 Å². The highest BCUT2D eigenvalue weighted by molar-refractivity contribution is 8.18. The number of hydrogen-bond donors (Lipinski definition) is 0. The first-order valence-electron chi connectivity index (χ1n) is 11.6. The van der Waals surface area contributed by atoms with Gasteiger partial charge < -0.3 is 9.15 Å². The second-order valence-corrected chi connectivity index (χ2v) is 9.54. The Morgan fingerprint density at radius 3 is 2.63 bits per heavy atom. The van der Waals surface area contributed by atoms with E-state index in [0.29, 0.717) is 33.7 Å². The van der Waals surface area contributed by atoms with Crippen LogP contribution in [0, 0.1) is 6.92 Å². The summed E-state index contributed by atoms with van der Waals surface area (Å²) in [5.74, 6) is 0.698. The van der Waals surface area contributed by atoms with Crippen LogP contribution in [0.3, 0.4) is 0 Å². The first kappa shape index (κ1) is 24.5. The van der Waals surface area contributed by atoms with Crippen molar-refractivity contribution in [1.82, 2.24) is 4.90 Å². The molecule has 1 saturated heterocycles. The second kappa shape index (κ2) is 10.8. The fraction of sp³-hybridized carbons (Fsp3) is 0.250. The molecule has 0 bridgehead atoms. The number of aryl methyl sites for hydroxylation is 1. The molecule has 0 radical (unpaired) electrons. The van der Waals surface area contributed by atoms with Gasteiger partial charge in [0, 0.05) is 18.2 Å². The molecule has 3 aromatic rings. The van der Waals surface area contributed by atoms with Crippen molar-refractivity contribution in [2.75, 3.05) is 6.54 Å². The summed E-state index contributed by atoms with van der Waals surface area (Å²) >= 11 is 1.34. The topological polar surface area (TPSA) is 72.1 Å². The van der Waals surface area contributed by atoms with E-state index in [1.165, 1.54) is 11.8 Å². The van der Waals surface area contributed by atoms with Crippen molar-refractivity contribution in [3.8, 4) is 11.3 Å². The number of carbonyl (C=O) groups excluding carboxylic acids is 2. The first-order chi connectivity index (χ1) is 16.8. The molecule has 1 aliphatic rings. The molecule has 0 N–H and O–H groups in total. The van der Waals surface area contributed by atoms with Crippen molar-refractivity contribution in [3.05, 3.63) is 82.5 Å². The number of ether oxygens (including phenoxy) is 1. The minimum atomic E-state index is -0.375. The Morgan fingerprint density at radius 2 is 1.91 bits per heavy atom. The summed E-state index contributed by atoms with van der Waals surface area (Å²) < 4.78 is 11.3. The molecule has 1 amide bonds. The highest BCUT2D eigenvalue weighted by Gasteiger charge is 2.33.